The molecular formula is C15H22N2O2. The van der Waals surface area contributed by atoms with Crippen LogP contribution < -0.4 is 9.80 Å². The topological polar surface area (TPSA) is 45.5 Å². The Hall–Kier alpha value is -1.73. The number of ether oxygens (including phenoxy) is 1. The van der Waals surface area contributed by atoms with E-state index in [1.54, 1.807) is 7.11 Å². The molecule has 0 atom stereocenters. The van der Waals surface area contributed by atoms with Crippen LogP contribution in [0.15, 0.2) is 18.2 Å². The van der Waals surface area contributed by atoms with Gasteiger partial charge in [-0.2, -0.15) is 5.26 Å². The number of nitriles is 1. The molecule has 0 aromatic heterocycles. The lowest BCUT2D eigenvalue weighted by Crippen LogP contribution is -2.25. The summed E-state index contributed by atoms with van der Waals surface area (Å²) < 4.78 is 5.43. The lowest BCUT2D eigenvalue weighted by Gasteiger charge is -2.27. The number of hydroxylamine groups is 1. The summed E-state index contributed by atoms with van der Waals surface area (Å²) in [4.78, 5) is 5.66. The van der Waals surface area contributed by atoms with Crippen molar-refractivity contribution in [2.45, 2.75) is 33.1 Å². The van der Waals surface area contributed by atoms with Gasteiger partial charge in [0, 0.05) is 12.1 Å². The van der Waals surface area contributed by atoms with E-state index in [1.165, 1.54) is 0 Å². The highest BCUT2D eigenvalue weighted by Gasteiger charge is 2.17. The van der Waals surface area contributed by atoms with Crippen LogP contribution in [0.4, 0.5) is 5.69 Å². The summed E-state index contributed by atoms with van der Waals surface area (Å²) in [6, 6.07) is 8.02. The largest absolute Gasteiger partial charge is 0.496 e. The smallest absolute Gasteiger partial charge is 0.124 e. The van der Waals surface area contributed by atoms with E-state index in [0.717, 1.165) is 23.5 Å². The van der Waals surface area contributed by atoms with Gasteiger partial charge in [-0.05, 0) is 25.0 Å². The lowest BCUT2D eigenvalue weighted by molar-refractivity contribution is 0.115. The maximum Gasteiger partial charge on any atom is 0.124 e. The van der Waals surface area contributed by atoms with Gasteiger partial charge in [-0.3, -0.25) is 9.90 Å². The molecule has 1 rings (SSSR count). The summed E-state index contributed by atoms with van der Waals surface area (Å²) in [6.07, 6.45) is 0.386. The van der Waals surface area contributed by atoms with Gasteiger partial charge in [0.15, 0.2) is 0 Å². The first-order valence-electron chi connectivity index (χ1n) is 6.60. The van der Waals surface area contributed by atoms with Crippen molar-refractivity contribution in [1.82, 2.24) is 0 Å². The van der Waals surface area contributed by atoms with Crippen molar-refractivity contribution < 1.29 is 9.57 Å². The van der Waals surface area contributed by atoms with E-state index in [4.69, 9.17) is 14.8 Å². The van der Waals surface area contributed by atoms with Crippen LogP contribution in [0.5, 0.6) is 5.75 Å². The summed E-state index contributed by atoms with van der Waals surface area (Å²) in [5.41, 5.74) is 2.14. The molecule has 0 unspecified atom stereocenters. The molecule has 104 valence electrons. The Bertz CT molecular complexity index is 438. The highest BCUT2D eigenvalue weighted by molar-refractivity contribution is 5.59. The van der Waals surface area contributed by atoms with Crippen molar-refractivity contribution >= 4 is 5.69 Å². The molecule has 0 radical (unpaired) electrons. The summed E-state index contributed by atoms with van der Waals surface area (Å²) in [6.45, 7) is 7.41. The van der Waals surface area contributed by atoms with Crippen molar-refractivity contribution in [3.8, 4) is 11.8 Å². The van der Waals surface area contributed by atoms with E-state index < -0.39 is 0 Å². The van der Waals surface area contributed by atoms with Crippen molar-refractivity contribution in [1.29, 1.82) is 5.26 Å². The number of rotatable bonds is 7. The van der Waals surface area contributed by atoms with Crippen molar-refractivity contribution in [2.24, 2.45) is 0 Å². The van der Waals surface area contributed by atoms with Gasteiger partial charge in [0.1, 0.15) is 5.75 Å². The molecule has 0 aliphatic heterocycles. The maximum absolute atomic E-state index is 8.58. The van der Waals surface area contributed by atoms with Gasteiger partial charge in [-0.1, -0.05) is 19.9 Å². The fourth-order valence-electron chi connectivity index (χ4n) is 2.04. The van der Waals surface area contributed by atoms with Gasteiger partial charge in [0.05, 0.1) is 31.9 Å². The van der Waals surface area contributed by atoms with E-state index in [0.29, 0.717) is 18.9 Å². The summed E-state index contributed by atoms with van der Waals surface area (Å²) in [7, 11) is 1.68. The molecule has 1 aromatic carbocycles. The molecule has 0 spiro atoms. The number of methoxy groups -OCH3 is 1. The van der Waals surface area contributed by atoms with Crippen LogP contribution in [0.3, 0.4) is 0 Å². The van der Waals surface area contributed by atoms with Crippen LogP contribution in [-0.2, 0) is 4.84 Å². The molecule has 0 amide bonds. The van der Waals surface area contributed by atoms with Gasteiger partial charge in [-0.25, -0.2) is 0 Å². The van der Waals surface area contributed by atoms with E-state index >= 15 is 0 Å². The second-order valence-electron chi connectivity index (χ2n) is 4.48. The molecule has 0 saturated heterocycles. The van der Waals surface area contributed by atoms with E-state index in [9.17, 15) is 0 Å². The minimum absolute atomic E-state index is 0.333. The summed E-state index contributed by atoms with van der Waals surface area (Å²) >= 11 is 0. The van der Waals surface area contributed by atoms with Crippen molar-refractivity contribution in [2.75, 3.05) is 25.3 Å². The first-order valence-corrected chi connectivity index (χ1v) is 6.60. The Morgan fingerprint density at radius 3 is 2.63 bits per heavy atom. The third-order valence-corrected chi connectivity index (χ3v) is 2.86. The molecule has 4 nitrogen and oxygen atoms in total. The quantitative estimate of drug-likeness (QED) is 0.557. The molecule has 4 heteroatoms. The lowest BCUT2D eigenvalue weighted by atomic mass is 9.99. The zero-order chi connectivity index (χ0) is 14.3. The van der Waals surface area contributed by atoms with E-state index in [1.807, 2.05) is 30.2 Å². The van der Waals surface area contributed by atoms with Crippen LogP contribution in [-0.4, -0.2) is 20.3 Å². The van der Waals surface area contributed by atoms with Crippen molar-refractivity contribution in [3.63, 3.8) is 0 Å². The standard InChI is InChI=1S/C15H22N2O2/c1-5-17(19-11-7-10-16)13-8-6-9-14(18-4)15(13)12(2)3/h6,8-9,12H,5,7,11H2,1-4H3. The average molecular weight is 262 g/mol. The molecule has 0 saturated carbocycles. The number of anilines is 1. The predicted molar refractivity (Wildman–Crippen MR) is 76.3 cm³/mol. The molecule has 0 N–H and O–H groups in total. The number of hydrogen-bond donors (Lipinski definition) is 0. The van der Waals surface area contributed by atoms with Crippen LogP contribution >= 0.6 is 0 Å². The molecule has 1 aromatic rings. The zero-order valence-electron chi connectivity index (χ0n) is 12.1. The normalized spacial score (nSPS) is 10.3. The third kappa shape index (κ3) is 3.87. The predicted octanol–water partition coefficient (Wildman–Crippen LogP) is 3.49. The Kier molecular flexibility index (Phi) is 6.17. The summed E-state index contributed by atoms with van der Waals surface area (Å²) in [5, 5.41) is 10.4. The first-order chi connectivity index (χ1) is 9.15. The highest BCUT2D eigenvalue weighted by Crippen LogP contribution is 2.35. The third-order valence-electron chi connectivity index (χ3n) is 2.86. The Morgan fingerprint density at radius 1 is 1.37 bits per heavy atom. The zero-order valence-corrected chi connectivity index (χ0v) is 12.1. The molecule has 19 heavy (non-hydrogen) atoms. The van der Waals surface area contributed by atoms with Gasteiger partial charge in [-0.15, -0.1) is 0 Å². The van der Waals surface area contributed by atoms with Crippen LogP contribution in [0.2, 0.25) is 0 Å². The molecule has 0 aliphatic rings. The SMILES string of the molecule is CCN(OCCC#N)c1cccc(OC)c1C(C)C. The molecule has 0 bridgehead atoms. The minimum Gasteiger partial charge on any atom is -0.496 e. The van der Waals surface area contributed by atoms with Gasteiger partial charge in [0.2, 0.25) is 0 Å². The Labute approximate surface area is 115 Å². The van der Waals surface area contributed by atoms with Crippen LogP contribution in [0.1, 0.15) is 38.7 Å². The number of benzene rings is 1. The molecule has 0 fully saturated rings. The Morgan fingerprint density at radius 2 is 2.11 bits per heavy atom. The van der Waals surface area contributed by atoms with Gasteiger partial charge >= 0.3 is 0 Å². The minimum atomic E-state index is 0.333. The van der Waals surface area contributed by atoms with Crippen LogP contribution in [0.25, 0.3) is 0 Å². The number of hydrogen-bond acceptors (Lipinski definition) is 4. The Balaban J connectivity index is 3.05. The fraction of sp³-hybridized carbons (Fsp3) is 0.533. The molecule has 0 heterocycles. The average Bonchev–Trinajstić information content (AvgIpc) is 2.42. The van der Waals surface area contributed by atoms with Crippen molar-refractivity contribution in [3.05, 3.63) is 23.8 Å². The molecule has 0 aliphatic carbocycles. The number of nitrogens with zero attached hydrogens (tertiary/aromatic N) is 2. The second-order valence-corrected chi connectivity index (χ2v) is 4.48. The monoisotopic (exact) mass is 262 g/mol. The van der Waals surface area contributed by atoms with Crippen LogP contribution in [0, 0.1) is 11.3 Å². The van der Waals surface area contributed by atoms with Gasteiger partial charge in [0.25, 0.3) is 0 Å². The van der Waals surface area contributed by atoms with E-state index in [-0.39, 0.29) is 0 Å². The molecular weight excluding hydrogens is 240 g/mol. The second kappa shape index (κ2) is 7.65. The maximum atomic E-state index is 8.58. The van der Waals surface area contributed by atoms with E-state index in [2.05, 4.69) is 19.9 Å². The highest BCUT2D eigenvalue weighted by atomic mass is 16.7. The fourth-order valence-corrected chi connectivity index (χ4v) is 2.04. The van der Waals surface area contributed by atoms with Gasteiger partial charge < -0.3 is 4.74 Å². The first kappa shape index (κ1) is 15.3. The summed E-state index contributed by atoms with van der Waals surface area (Å²) in [5.74, 6) is 1.20.